The molecule has 3 aromatic rings. The molecular formula is C22H22N4O4. The third-order valence-corrected chi connectivity index (χ3v) is 5.52. The van der Waals surface area contributed by atoms with E-state index in [1.807, 2.05) is 31.2 Å². The summed E-state index contributed by atoms with van der Waals surface area (Å²) in [5, 5.41) is 17.8. The largest absolute Gasteiger partial charge is 0.478 e. The van der Waals surface area contributed by atoms with Crippen molar-refractivity contribution in [2.45, 2.75) is 25.3 Å². The number of nitrogens with zero attached hydrogens (tertiary/aromatic N) is 4. The van der Waals surface area contributed by atoms with Gasteiger partial charge >= 0.3 is 12.1 Å². The Morgan fingerprint density at radius 2 is 2.03 bits per heavy atom. The SMILES string of the molecule is C=C(Cn1nnc2ccccc21)CC1(C)CN(C(=O)OC)c2ccc(C(=O)O)cc21. The summed E-state index contributed by atoms with van der Waals surface area (Å²) in [5.74, 6) is -1.01. The van der Waals surface area contributed by atoms with Crippen molar-refractivity contribution >= 4 is 28.8 Å². The van der Waals surface area contributed by atoms with Crippen LogP contribution in [0.15, 0.2) is 54.6 Å². The summed E-state index contributed by atoms with van der Waals surface area (Å²) in [5.41, 5.74) is 3.74. The first-order valence-electron chi connectivity index (χ1n) is 9.50. The number of ether oxygens (including phenoxy) is 1. The minimum atomic E-state index is -1.01. The minimum Gasteiger partial charge on any atom is -0.478 e. The van der Waals surface area contributed by atoms with Crippen molar-refractivity contribution in [3.05, 3.63) is 65.7 Å². The van der Waals surface area contributed by atoms with Crippen LogP contribution in [0.2, 0.25) is 0 Å². The number of carbonyl (C=O) groups is 2. The van der Waals surface area contributed by atoms with E-state index < -0.39 is 17.5 Å². The standard InChI is InChI=1S/C22H22N4O4/c1-14(12-26-19-7-5-4-6-17(19)23-24-26)11-22(2)13-25(21(29)30-3)18-9-8-15(20(27)28)10-16(18)22/h4-10H,1,11-13H2,2-3H3,(H,27,28). The molecule has 0 bridgehead atoms. The van der Waals surface area contributed by atoms with Crippen molar-refractivity contribution in [2.24, 2.45) is 0 Å². The van der Waals surface area contributed by atoms with Crippen LogP contribution in [0.3, 0.4) is 0 Å². The van der Waals surface area contributed by atoms with Crippen LogP contribution in [0.5, 0.6) is 0 Å². The number of hydrogen-bond acceptors (Lipinski definition) is 5. The number of anilines is 1. The molecule has 1 unspecified atom stereocenters. The number of carboxylic acid groups (broad SMARTS) is 1. The number of aromatic nitrogens is 3. The first-order valence-corrected chi connectivity index (χ1v) is 9.50. The van der Waals surface area contributed by atoms with Crippen molar-refractivity contribution < 1.29 is 19.4 Å². The number of methoxy groups -OCH3 is 1. The molecule has 30 heavy (non-hydrogen) atoms. The Hall–Kier alpha value is -3.68. The van der Waals surface area contributed by atoms with Gasteiger partial charge in [0.25, 0.3) is 0 Å². The smallest absolute Gasteiger partial charge is 0.414 e. The molecule has 0 radical (unpaired) electrons. The molecular weight excluding hydrogens is 384 g/mol. The maximum Gasteiger partial charge on any atom is 0.414 e. The number of amides is 1. The van der Waals surface area contributed by atoms with Gasteiger partial charge in [-0.3, -0.25) is 4.90 Å². The molecule has 1 aliphatic rings. The van der Waals surface area contributed by atoms with Gasteiger partial charge in [0.1, 0.15) is 5.52 Å². The topological polar surface area (TPSA) is 97.5 Å². The molecule has 8 heteroatoms. The third-order valence-electron chi connectivity index (χ3n) is 5.52. The van der Waals surface area contributed by atoms with Gasteiger partial charge in [0.15, 0.2) is 0 Å². The molecule has 1 amide bonds. The molecule has 1 atom stereocenters. The quantitative estimate of drug-likeness (QED) is 0.650. The molecule has 1 aliphatic heterocycles. The summed E-state index contributed by atoms with van der Waals surface area (Å²) in [7, 11) is 1.33. The molecule has 0 fully saturated rings. The van der Waals surface area contributed by atoms with E-state index in [2.05, 4.69) is 16.9 Å². The van der Waals surface area contributed by atoms with Crippen LogP contribution in [0.1, 0.15) is 29.3 Å². The highest BCUT2D eigenvalue weighted by atomic mass is 16.5. The van der Waals surface area contributed by atoms with Gasteiger partial charge < -0.3 is 9.84 Å². The zero-order valence-corrected chi connectivity index (χ0v) is 16.8. The van der Waals surface area contributed by atoms with E-state index in [0.29, 0.717) is 25.2 Å². The summed E-state index contributed by atoms with van der Waals surface area (Å²) in [6, 6.07) is 12.5. The summed E-state index contributed by atoms with van der Waals surface area (Å²) in [6.07, 6.45) is 0.0704. The monoisotopic (exact) mass is 406 g/mol. The van der Waals surface area contributed by atoms with E-state index in [0.717, 1.165) is 22.2 Å². The molecule has 0 saturated heterocycles. The number of benzene rings is 2. The molecule has 2 heterocycles. The molecule has 154 valence electrons. The zero-order chi connectivity index (χ0) is 21.5. The van der Waals surface area contributed by atoms with Gasteiger partial charge in [-0.25, -0.2) is 14.3 Å². The summed E-state index contributed by atoms with van der Waals surface area (Å²) in [4.78, 5) is 25.4. The van der Waals surface area contributed by atoms with E-state index >= 15 is 0 Å². The number of para-hydroxylation sites is 1. The Morgan fingerprint density at radius 3 is 2.77 bits per heavy atom. The van der Waals surface area contributed by atoms with Crippen LogP contribution >= 0.6 is 0 Å². The molecule has 2 aromatic carbocycles. The van der Waals surface area contributed by atoms with E-state index in [-0.39, 0.29) is 5.56 Å². The zero-order valence-electron chi connectivity index (χ0n) is 16.8. The van der Waals surface area contributed by atoms with Gasteiger partial charge in [0.2, 0.25) is 0 Å². The lowest BCUT2D eigenvalue weighted by Gasteiger charge is -2.26. The normalized spacial score (nSPS) is 17.7. The predicted octanol–water partition coefficient (Wildman–Crippen LogP) is 3.62. The summed E-state index contributed by atoms with van der Waals surface area (Å²) < 4.78 is 6.72. The Kier molecular flexibility index (Phi) is 4.77. The van der Waals surface area contributed by atoms with Crippen LogP contribution in [0, 0.1) is 0 Å². The number of allylic oxidation sites excluding steroid dienone is 1. The second-order valence-corrected chi connectivity index (χ2v) is 7.82. The number of fused-ring (bicyclic) bond motifs is 2. The van der Waals surface area contributed by atoms with Crippen molar-refractivity contribution in [3.63, 3.8) is 0 Å². The van der Waals surface area contributed by atoms with Crippen molar-refractivity contribution in [3.8, 4) is 0 Å². The van der Waals surface area contributed by atoms with Gasteiger partial charge in [0, 0.05) is 12.0 Å². The first kappa shape index (κ1) is 19.6. The lowest BCUT2D eigenvalue weighted by Crippen LogP contribution is -2.35. The van der Waals surface area contributed by atoms with E-state index in [1.54, 1.807) is 21.7 Å². The van der Waals surface area contributed by atoms with Crippen LogP contribution < -0.4 is 4.90 Å². The number of aromatic carboxylic acids is 1. The fourth-order valence-corrected chi connectivity index (χ4v) is 4.19. The van der Waals surface area contributed by atoms with Crippen LogP contribution in [-0.2, 0) is 16.7 Å². The maximum atomic E-state index is 12.3. The van der Waals surface area contributed by atoms with Crippen LogP contribution in [0.4, 0.5) is 10.5 Å². The molecule has 0 aliphatic carbocycles. The first-order chi connectivity index (χ1) is 14.3. The summed E-state index contributed by atoms with van der Waals surface area (Å²) >= 11 is 0. The Labute approximate surface area is 173 Å². The van der Waals surface area contributed by atoms with E-state index in [9.17, 15) is 14.7 Å². The fourth-order valence-electron chi connectivity index (χ4n) is 4.19. The Balaban J connectivity index is 1.64. The lowest BCUT2D eigenvalue weighted by atomic mass is 9.78. The molecule has 4 rings (SSSR count). The second-order valence-electron chi connectivity index (χ2n) is 7.82. The van der Waals surface area contributed by atoms with Gasteiger partial charge in [-0.05, 0) is 42.3 Å². The Bertz CT molecular complexity index is 1170. The summed E-state index contributed by atoms with van der Waals surface area (Å²) in [6.45, 7) is 7.08. The number of rotatable bonds is 5. The van der Waals surface area contributed by atoms with Crippen molar-refractivity contribution in [1.29, 1.82) is 0 Å². The number of carbonyl (C=O) groups excluding carboxylic acids is 1. The molecule has 1 aromatic heterocycles. The fraction of sp³-hybridized carbons (Fsp3) is 0.273. The van der Waals surface area contributed by atoms with Gasteiger partial charge in [-0.2, -0.15) is 0 Å². The van der Waals surface area contributed by atoms with E-state index in [1.165, 1.54) is 13.2 Å². The highest BCUT2D eigenvalue weighted by Crippen LogP contribution is 2.45. The minimum absolute atomic E-state index is 0.180. The number of carboxylic acids is 1. The van der Waals surface area contributed by atoms with Crippen molar-refractivity contribution in [2.75, 3.05) is 18.6 Å². The highest BCUT2D eigenvalue weighted by molar-refractivity contribution is 5.94. The second kappa shape index (κ2) is 7.29. The molecule has 8 nitrogen and oxygen atoms in total. The third kappa shape index (κ3) is 3.30. The highest BCUT2D eigenvalue weighted by Gasteiger charge is 2.42. The predicted molar refractivity (Wildman–Crippen MR) is 112 cm³/mol. The number of hydrogen-bond donors (Lipinski definition) is 1. The average Bonchev–Trinajstić information content (AvgIpc) is 3.26. The maximum absolute atomic E-state index is 12.3. The van der Waals surface area contributed by atoms with Crippen LogP contribution in [-0.4, -0.2) is 45.8 Å². The lowest BCUT2D eigenvalue weighted by molar-refractivity contribution is 0.0696. The van der Waals surface area contributed by atoms with Crippen LogP contribution in [0.25, 0.3) is 11.0 Å². The average molecular weight is 406 g/mol. The molecule has 1 N–H and O–H groups in total. The Morgan fingerprint density at radius 1 is 1.27 bits per heavy atom. The van der Waals surface area contributed by atoms with Crippen molar-refractivity contribution in [1.82, 2.24) is 15.0 Å². The molecule has 0 saturated carbocycles. The van der Waals surface area contributed by atoms with Gasteiger partial charge in [-0.1, -0.05) is 36.4 Å². The van der Waals surface area contributed by atoms with Gasteiger partial charge in [-0.15, -0.1) is 5.10 Å². The molecule has 0 spiro atoms. The van der Waals surface area contributed by atoms with Gasteiger partial charge in [0.05, 0.1) is 30.4 Å². The van der Waals surface area contributed by atoms with E-state index in [4.69, 9.17) is 4.74 Å².